The van der Waals surface area contributed by atoms with E-state index in [1.54, 1.807) is 12.4 Å². The van der Waals surface area contributed by atoms with Crippen LogP contribution in [0.3, 0.4) is 0 Å². The van der Waals surface area contributed by atoms with E-state index in [4.69, 9.17) is 0 Å². The molecule has 0 rings (SSSR count). The second-order valence-corrected chi connectivity index (χ2v) is 2.14. The number of nitrogens with zero attached hydrogens (tertiary/aromatic N) is 1. The first-order chi connectivity index (χ1) is 5.35. The first-order valence-corrected chi connectivity index (χ1v) is 3.91. The van der Waals surface area contributed by atoms with Gasteiger partial charge in [-0.2, -0.15) is 0 Å². The van der Waals surface area contributed by atoms with Crippen LogP contribution < -0.4 is 0 Å². The molecule has 11 heavy (non-hydrogen) atoms. The van der Waals surface area contributed by atoms with Crippen molar-refractivity contribution in [1.29, 1.82) is 0 Å². The zero-order valence-electron chi connectivity index (χ0n) is 7.16. The van der Waals surface area contributed by atoms with Crippen LogP contribution in [0.25, 0.3) is 0 Å². The lowest BCUT2D eigenvalue weighted by atomic mass is 10.4. The van der Waals surface area contributed by atoms with Gasteiger partial charge >= 0.3 is 0 Å². The maximum Gasteiger partial charge on any atom is 0.217 e. The van der Waals surface area contributed by atoms with Crippen molar-refractivity contribution in [2.45, 2.75) is 26.7 Å². The number of hydrogen-bond donors (Lipinski definition) is 0. The lowest BCUT2D eigenvalue weighted by Gasteiger charge is -2.02. The summed E-state index contributed by atoms with van der Waals surface area (Å²) in [5, 5.41) is 0. The van der Waals surface area contributed by atoms with Crippen molar-refractivity contribution in [2.24, 2.45) is 0 Å². The fourth-order valence-corrected chi connectivity index (χ4v) is 0.574. The zero-order chi connectivity index (χ0) is 8.53. The molecule has 0 N–H and O–H groups in total. The molecule has 0 saturated carbocycles. The van der Waals surface area contributed by atoms with Gasteiger partial charge in [-0.1, -0.05) is 26.0 Å². The number of allylic oxidation sites excluding steroid dienone is 2. The van der Waals surface area contributed by atoms with Crippen LogP contribution in [-0.4, -0.2) is 11.3 Å². The third kappa shape index (κ3) is 5.40. The molecule has 0 heterocycles. The maximum atomic E-state index is 10.3. The minimum atomic E-state index is 0.790. The number of rotatable bonds is 5. The monoisotopic (exact) mass is 153 g/mol. The van der Waals surface area contributed by atoms with Crippen LogP contribution in [0.5, 0.6) is 0 Å². The van der Waals surface area contributed by atoms with E-state index in [1.165, 1.54) is 4.90 Å². The molecule has 2 heteroatoms. The van der Waals surface area contributed by atoms with Gasteiger partial charge in [-0.05, 0) is 12.8 Å². The van der Waals surface area contributed by atoms with E-state index in [0.29, 0.717) is 0 Å². The quantitative estimate of drug-likeness (QED) is 0.555. The number of carbonyl (C=O) groups is 1. The zero-order valence-corrected chi connectivity index (χ0v) is 7.16. The number of carbonyl (C=O) groups excluding carboxylic acids is 1. The predicted octanol–water partition coefficient (Wildman–Crippen LogP) is 2.29. The Morgan fingerprint density at radius 1 is 1.09 bits per heavy atom. The second-order valence-electron chi connectivity index (χ2n) is 2.14. The fraction of sp³-hybridized carbons (Fsp3) is 0.444. The van der Waals surface area contributed by atoms with Crippen LogP contribution >= 0.6 is 0 Å². The maximum absolute atomic E-state index is 10.3. The molecule has 0 aromatic rings. The standard InChI is InChI=1S/C9H15NO/c1-3-5-7-10(9-11)8-6-4-2/h5-9H,3-4H2,1-2H3. The van der Waals surface area contributed by atoms with Crippen molar-refractivity contribution in [2.75, 3.05) is 0 Å². The van der Waals surface area contributed by atoms with Gasteiger partial charge in [-0.3, -0.25) is 9.69 Å². The Balaban J connectivity index is 3.85. The summed E-state index contributed by atoms with van der Waals surface area (Å²) in [4.78, 5) is 11.8. The van der Waals surface area contributed by atoms with Gasteiger partial charge in [0.2, 0.25) is 6.41 Å². The average molecular weight is 153 g/mol. The van der Waals surface area contributed by atoms with Crippen molar-refractivity contribution in [3.05, 3.63) is 24.6 Å². The van der Waals surface area contributed by atoms with Crippen LogP contribution in [-0.2, 0) is 4.79 Å². The highest BCUT2D eigenvalue weighted by Gasteiger charge is 1.85. The molecule has 0 unspecified atom stereocenters. The van der Waals surface area contributed by atoms with Crippen molar-refractivity contribution in [1.82, 2.24) is 4.90 Å². The lowest BCUT2D eigenvalue weighted by molar-refractivity contribution is -0.114. The summed E-state index contributed by atoms with van der Waals surface area (Å²) < 4.78 is 0. The van der Waals surface area contributed by atoms with E-state index in [0.717, 1.165) is 19.3 Å². The van der Waals surface area contributed by atoms with E-state index < -0.39 is 0 Å². The van der Waals surface area contributed by atoms with Gasteiger partial charge in [0, 0.05) is 12.4 Å². The molecule has 0 aromatic heterocycles. The summed E-state index contributed by atoms with van der Waals surface area (Å²) in [6.07, 6.45) is 10.1. The van der Waals surface area contributed by atoms with Crippen LogP contribution in [0.4, 0.5) is 0 Å². The molecule has 0 aliphatic heterocycles. The van der Waals surface area contributed by atoms with Gasteiger partial charge in [-0.25, -0.2) is 0 Å². The van der Waals surface area contributed by atoms with Gasteiger partial charge in [0.25, 0.3) is 0 Å². The van der Waals surface area contributed by atoms with Crippen LogP contribution in [0.2, 0.25) is 0 Å². The van der Waals surface area contributed by atoms with Crippen LogP contribution in [0.15, 0.2) is 24.6 Å². The molecule has 0 atom stereocenters. The van der Waals surface area contributed by atoms with Gasteiger partial charge in [0.1, 0.15) is 0 Å². The van der Waals surface area contributed by atoms with Crippen LogP contribution in [0, 0.1) is 0 Å². The third-order valence-corrected chi connectivity index (χ3v) is 1.15. The summed E-state index contributed by atoms with van der Waals surface area (Å²) in [6, 6.07) is 0. The average Bonchev–Trinajstić information content (AvgIpc) is 2.05. The first-order valence-electron chi connectivity index (χ1n) is 3.91. The highest BCUT2D eigenvalue weighted by Crippen LogP contribution is 1.90. The van der Waals surface area contributed by atoms with E-state index in [1.807, 2.05) is 26.0 Å². The molecule has 0 bridgehead atoms. The topological polar surface area (TPSA) is 20.3 Å². The van der Waals surface area contributed by atoms with Crippen molar-refractivity contribution in [3.8, 4) is 0 Å². The molecule has 62 valence electrons. The molecule has 1 amide bonds. The molecule has 0 saturated heterocycles. The second kappa shape index (κ2) is 7.06. The summed E-state index contributed by atoms with van der Waals surface area (Å²) in [5.74, 6) is 0. The Morgan fingerprint density at radius 3 is 1.82 bits per heavy atom. The molecule has 0 radical (unpaired) electrons. The SMILES string of the molecule is CCC=CN(C=O)C=CCC. The first kappa shape index (κ1) is 9.95. The largest absolute Gasteiger partial charge is 0.298 e. The van der Waals surface area contributed by atoms with Crippen molar-refractivity contribution >= 4 is 6.41 Å². The van der Waals surface area contributed by atoms with Crippen LogP contribution in [0.1, 0.15) is 26.7 Å². The summed E-state index contributed by atoms with van der Waals surface area (Å²) in [5.41, 5.74) is 0. The summed E-state index contributed by atoms with van der Waals surface area (Å²) in [7, 11) is 0. The van der Waals surface area contributed by atoms with Gasteiger partial charge in [0.05, 0.1) is 0 Å². The smallest absolute Gasteiger partial charge is 0.217 e. The molecule has 0 spiro atoms. The molecule has 0 aliphatic rings. The lowest BCUT2D eigenvalue weighted by Crippen LogP contribution is -2.04. The van der Waals surface area contributed by atoms with Gasteiger partial charge in [-0.15, -0.1) is 0 Å². The predicted molar refractivity (Wildman–Crippen MR) is 46.8 cm³/mol. The highest BCUT2D eigenvalue weighted by atomic mass is 16.1. The molecule has 0 aromatic carbocycles. The third-order valence-electron chi connectivity index (χ3n) is 1.15. The fourth-order valence-electron chi connectivity index (χ4n) is 0.574. The normalized spacial score (nSPS) is 11.1. The number of hydrogen-bond acceptors (Lipinski definition) is 1. The Bertz CT molecular complexity index is 136. The minimum absolute atomic E-state index is 0.790. The van der Waals surface area contributed by atoms with Gasteiger partial charge in [0.15, 0.2) is 0 Å². The van der Waals surface area contributed by atoms with E-state index >= 15 is 0 Å². The Labute approximate surface area is 68.2 Å². The van der Waals surface area contributed by atoms with E-state index in [2.05, 4.69) is 0 Å². The molecular formula is C9H15NO. The number of amides is 1. The van der Waals surface area contributed by atoms with E-state index in [-0.39, 0.29) is 0 Å². The van der Waals surface area contributed by atoms with Crippen molar-refractivity contribution < 1.29 is 4.79 Å². The Morgan fingerprint density at radius 2 is 1.55 bits per heavy atom. The summed E-state index contributed by atoms with van der Waals surface area (Å²) in [6.45, 7) is 4.06. The molecular weight excluding hydrogens is 138 g/mol. The van der Waals surface area contributed by atoms with Crippen molar-refractivity contribution in [3.63, 3.8) is 0 Å². The Kier molecular flexibility index (Phi) is 6.39. The summed E-state index contributed by atoms with van der Waals surface area (Å²) >= 11 is 0. The molecule has 2 nitrogen and oxygen atoms in total. The minimum Gasteiger partial charge on any atom is -0.298 e. The van der Waals surface area contributed by atoms with Gasteiger partial charge < -0.3 is 0 Å². The van der Waals surface area contributed by atoms with E-state index in [9.17, 15) is 4.79 Å². The highest BCUT2D eigenvalue weighted by molar-refractivity contribution is 5.50. The Hall–Kier alpha value is -1.05. The molecule has 0 fully saturated rings. The molecule has 0 aliphatic carbocycles.